The van der Waals surface area contributed by atoms with Crippen molar-refractivity contribution in [3.8, 4) is 11.8 Å². The van der Waals surface area contributed by atoms with Gasteiger partial charge in [-0.2, -0.15) is 10.4 Å². The van der Waals surface area contributed by atoms with E-state index in [2.05, 4.69) is 22.6 Å². The standard InChI is InChI=1S/C25H26N6OS/c1-18-19(2)30(16-22-10-7-11-33-22)25(23(18)12-26)28-24(32)17-29(3)14-20-13-27-31(15-20)21-8-5-4-6-9-21/h4-11,13,15H,14,16-17H2,1-3H3,(H,28,32). The molecule has 0 radical (unpaired) electrons. The molecule has 0 unspecified atom stereocenters. The maximum absolute atomic E-state index is 12.9. The predicted molar refractivity (Wildman–Crippen MR) is 131 cm³/mol. The van der Waals surface area contributed by atoms with Gasteiger partial charge in [-0.1, -0.05) is 24.3 Å². The van der Waals surface area contributed by atoms with E-state index in [1.54, 1.807) is 11.3 Å². The number of hydrogen-bond acceptors (Lipinski definition) is 5. The Morgan fingerprint density at radius 3 is 2.70 bits per heavy atom. The van der Waals surface area contributed by atoms with Gasteiger partial charge in [-0.15, -0.1) is 11.3 Å². The van der Waals surface area contributed by atoms with Crippen molar-refractivity contribution in [3.63, 3.8) is 0 Å². The zero-order chi connectivity index (χ0) is 23.4. The summed E-state index contributed by atoms with van der Waals surface area (Å²) in [7, 11) is 1.89. The van der Waals surface area contributed by atoms with Crippen molar-refractivity contribution in [3.05, 3.63) is 87.5 Å². The molecule has 1 N–H and O–H groups in total. The molecule has 33 heavy (non-hydrogen) atoms. The Labute approximate surface area is 197 Å². The summed E-state index contributed by atoms with van der Waals surface area (Å²) in [5.74, 6) is 0.408. The van der Waals surface area contributed by atoms with Gasteiger partial charge in [0, 0.05) is 28.9 Å². The fourth-order valence-corrected chi connectivity index (χ4v) is 4.53. The molecule has 3 heterocycles. The molecule has 0 saturated heterocycles. The minimum Gasteiger partial charge on any atom is -0.325 e. The Hall–Kier alpha value is -3.67. The number of thiophene rings is 1. The van der Waals surface area contributed by atoms with Gasteiger partial charge in [-0.05, 0) is 50.0 Å². The Morgan fingerprint density at radius 1 is 1.21 bits per heavy atom. The van der Waals surface area contributed by atoms with E-state index in [4.69, 9.17) is 0 Å². The molecule has 8 heteroatoms. The number of anilines is 1. The van der Waals surface area contributed by atoms with Crippen LogP contribution in [0.3, 0.4) is 0 Å². The second-order valence-corrected chi connectivity index (χ2v) is 9.09. The van der Waals surface area contributed by atoms with E-state index < -0.39 is 0 Å². The molecule has 0 atom stereocenters. The zero-order valence-corrected chi connectivity index (χ0v) is 19.8. The average molecular weight is 459 g/mol. The Bertz CT molecular complexity index is 1280. The van der Waals surface area contributed by atoms with Crippen molar-refractivity contribution in [2.75, 3.05) is 18.9 Å². The summed E-state index contributed by atoms with van der Waals surface area (Å²) in [5, 5.41) is 19.2. The number of nitrogens with zero attached hydrogens (tertiary/aromatic N) is 5. The summed E-state index contributed by atoms with van der Waals surface area (Å²) in [5.41, 5.74) is 4.40. The molecule has 4 aromatic rings. The van der Waals surface area contributed by atoms with E-state index in [-0.39, 0.29) is 12.5 Å². The number of nitrogens with one attached hydrogen (secondary N) is 1. The first-order valence-corrected chi connectivity index (χ1v) is 11.5. The number of amides is 1. The lowest BCUT2D eigenvalue weighted by molar-refractivity contribution is -0.117. The lowest BCUT2D eigenvalue weighted by Crippen LogP contribution is -2.30. The molecular weight excluding hydrogens is 432 g/mol. The first-order chi connectivity index (χ1) is 16.0. The molecule has 3 aromatic heterocycles. The number of hydrogen-bond donors (Lipinski definition) is 1. The van der Waals surface area contributed by atoms with Crippen LogP contribution in [-0.4, -0.2) is 38.7 Å². The van der Waals surface area contributed by atoms with Crippen molar-refractivity contribution in [1.82, 2.24) is 19.2 Å². The van der Waals surface area contributed by atoms with E-state index in [0.717, 1.165) is 22.5 Å². The van der Waals surface area contributed by atoms with Crippen molar-refractivity contribution in [1.29, 1.82) is 5.26 Å². The van der Waals surface area contributed by atoms with Gasteiger partial charge in [-0.25, -0.2) is 4.68 Å². The van der Waals surface area contributed by atoms with Gasteiger partial charge in [0.2, 0.25) is 5.91 Å². The molecule has 7 nitrogen and oxygen atoms in total. The first kappa shape index (κ1) is 22.5. The molecule has 0 fully saturated rings. The van der Waals surface area contributed by atoms with E-state index in [0.29, 0.717) is 24.5 Å². The summed E-state index contributed by atoms with van der Waals surface area (Å²) in [6.45, 7) is 5.31. The highest BCUT2D eigenvalue weighted by atomic mass is 32.1. The molecule has 0 aliphatic rings. The van der Waals surface area contributed by atoms with Crippen LogP contribution in [0.1, 0.15) is 27.3 Å². The van der Waals surface area contributed by atoms with E-state index in [1.807, 2.05) is 89.2 Å². The third-order valence-electron chi connectivity index (χ3n) is 5.62. The summed E-state index contributed by atoms with van der Waals surface area (Å²) < 4.78 is 3.84. The van der Waals surface area contributed by atoms with Gasteiger partial charge < -0.3 is 9.88 Å². The van der Waals surface area contributed by atoms with Crippen LogP contribution < -0.4 is 5.32 Å². The number of nitriles is 1. The van der Waals surface area contributed by atoms with Gasteiger partial charge in [-0.3, -0.25) is 9.69 Å². The maximum Gasteiger partial charge on any atom is 0.239 e. The lowest BCUT2D eigenvalue weighted by atomic mass is 10.2. The Morgan fingerprint density at radius 2 is 2.00 bits per heavy atom. The van der Waals surface area contributed by atoms with Crippen LogP contribution >= 0.6 is 11.3 Å². The van der Waals surface area contributed by atoms with Crippen molar-refractivity contribution in [2.24, 2.45) is 0 Å². The third-order valence-corrected chi connectivity index (χ3v) is 6.48. The normalized spacial score (nSPS) is 11.0. The SMILES string of the molecule is Cc1c(C#N)c(NC(=O)CN(C)Cc2cnn(-c3ccccc3)c2)n(Cc2cccs2)c1C. The number of likely N-dealkylation sites (N-methyl/N-ethyl adjacent to an activating group) is 1. The van der Waals surface area contributed by atoms with Crippen LogP contribution in [0, 0.1) is 25.2 Å². The smallest absolute Gasteiger partial charge is 0.239 e. The van der Waals surface area contributed by atoms with Crippen LogP contribution in [0.5, 0.6) is 0 Å². The van der Waals surface area contributed by atoms with Crippen LogP contribution in [0.2, 0.25) is 0 Å². The topological polar surface area (TPSA) is 78.9 Å². The number of aromatic nitrogens is 3. The highest BCUT2D eigenvalue weighted by Gasteiger charge is 2.20. The van der Waals surface area contributed by atoms with Crippen molar-refractivity contribution < 1.29 is 4.79 Å². The predicted octanol–water partition coefficient (Wildman–Crippen LogP) is 4.34. The highest BCUT2D eigenvalue weighted by Crippen LogP contribution is 2.28. The van der Waals surface area contributed by atoms with E-state index in [9.17, 15) is 10.1 Å². The van der Waals surface area contributed by atoms with Gasteiger partial charge in [0.25, 0.3) is 0 Å². The average Bonchev–Trinajstić information content (AvgIpc) is 3.53. The van der Waals surface area contributed by atoms with Gasteiger partial charge in [0.05, 0.1) is 30.5 Å². The number of rotatable bonds is 8. The van der Waals surface area contributed by atoms with E-state index in [1.165, 1.54) is 4.88 Å². The lowest BCUT2D eigenvalue weighted by Gasteiger charge is -2.17. The second-order valence-electron chi connectivity index (χ2n) is 8.06. The zero-order valence-electron chi connectivity index (χ0n) is 18.9. The maximum atomic E-state index is 12.9. The second kappa shape index (κ2) is 9.86. The molecule has 0 bridgehead atoms. The number of para-hydroxylation sites is 1. The van der Waals surface area contributed by atoms with Crippen LogP contribution in [0.25, 0.3) is 5.69 Å². The van der Waals surface area contributed by atoms with Crippen LogP contribution in [0.15, 0.2) is 60.2 Å². The van der Waals surface area contributed by atoms with Crippen molar-refractivity contribution >= 4 is 23.1 Å². The third kappa shape index (κ3) is 5.06. The summed E-state index contributed by atoms with van der Waals surface area (Å²) in [6.07, 6.45) is 3.78. The summed E-state index contributed by atoms with van der Waals surface area (Å²) >= 11 is 1.66. The molecule has 0 aliphatic heterocycles. The van der Waals surface area contributed by atoms with Crippen LogP contribution in [0.4, 0.5) is 5.82 Å². The highest BCUT2D eigenvalue weighted by molar-refractivity contribution is 7.09. The number of carbonyl (C=O) groups excluding carboxylic acids is 1. The fourth-order valence-electron chi connectivity index (χ4n) is 3.83. The Balaban J connectivity index is 1.44. The van der Waals surface area contributed by atoms with Crippen LogP contribution in [-0.2, 0) is 17.9 Å². The molecule has 0 aliphatic carbocycles. The molecule has 0 saturated carbocycles. The van der Waals surface area contributed by atoms with Gasteiger partial charge >= 0.3 is 0 Å². The first-order valence-electron chi connectivity index (χ1n) is 10.7. The monoisotopic (exact) mass is 458 g/mol. The minimum absolute atomic E-state index is 0.158. The minimum atomic E-state index is -0.158. The van der Waals surface area contributed by atoms with Gasteiger partial charge in [0.15, 0.2) is 0 Å². The fraction of sp³-hybridized carbons (Fsp3) is 0.240. The number of benzene rings is 1. The molecule has 1 amide bonds. The summed E-state index contributed by atoms with van der Waals surface area (Å²) in [6, 6.07) is 16.2. The molecule has 4 rings (SSSR count). The van der Waals surface area contributed by atoms with E-state index >= 15 is 0 Å². The Kier molecular flexibility index (Phi) is 6.73. The molecule has 0 spiro atoms. The molecule has 168 valence electrons. The largest absolute Gasteiger partial charge is 0.325 e. The quantitative estimate of drug-likeness (QED) is 0.426. The van der Waals surface area contributed by atoms with Crippen molar-refractivity contribution in [2.45, 2.75) is 26.9 Å². The van der Waals surface area contributed by atoms with Gasteiger partial charge in [0.1, 0.15) is 11.9 Å². The number of carbonyl (C=O) groups is 1. The molecule has 1 aromatic carbocycles. The molecular formula is C25H26N6OS. The summed E-state index contributed by atoms with van der Waals surface area (Å²) in [4.78, 5) is 16.0.